The first kappa shape index (κ1) is 20.2. The summed E-state index contributed by atoms with van der Waals surface area (Å²) in [5.74, 6) is 0.0342. The SMILES string of the molecule is CCN(CC(=O)Nc1cccc(OC)c1)C(=O)CCC(=O)c1ccccc1. The third-order valence-electron chi connectivity index (χ3n) is 4.08. The van der Waals surface area contributed by atoms with Gasteiger partial charge in [0.25, 0.3) is 0 Å². The Kier molecular flexibility index (Phi) is 7.55. The van der Waals surface area contributed by atoms with E-state index in [0.717, 1.165) is 0 Å². The van der Waals surface area contributed by atoms with E-state index in [-0.39, 0.29) is 37.0 Å². The number of carbonyl (C=O) groups excluding carboxylic acids is 3. The molecule has 2 rings (SSSR count). The molecule has 2 amide bonds. The number of nitrogens with zero attached hydrogens (tertiary/aromatic N) is 1. The number of carbonyl (C=O) groups is 3. The Balaban J connectivity index is 1.86. The van der Waals surface area contributed by atoms with Crippen LogP contribution in [0.5, 0.6) is 5.75 Å². The molecule has 0 spiro atoms. The van der Waals surface area contributed by atoms with Crippen molar-refractivity contribution in [2.45, 2.75) is 19.8 Å². The van der Waals surface area contributed by atoms with Gasteiger partial charge in [-0.3, -0.25) is 14.4 Å². The van der Waals surface area contributed by atoms with Crippen molar-refractivity contribution < 1.29 is 19.1 Å². The lowest BCUT2D eigenvalue weighted by Gasteiger charge is -2.20. The second-order valence-electron chi connectivity index (χ2n) is 5.98. The van der Waals surface area contributed by atoms with Gasteiger partial charge >= 0.3 is 0 Å². The van der Waals surface area contributed by atoms with Crippen LogP contribution in [0.15, 0.2) is 54.6 Å². The van der Waals surface area contributed by atoms with Gasteiger partial charge in [-0.25, -0.2) is 0 Å². The van der Waals surface area contributed by atoms with Gasteiger partial charge in [-0.05, 0) is 19.1 Å². The average Bonchev–Trinajstić information content (AvgIpc) is 2.70. The molecule has 0 atom stereocenters. The second-order valence-corrected chi connectivity index (χ2v) is 5.98. The van der Waals surface area contributed by atoms with Gasteiger partial charge in [-0.2, -0.15) is 0 Å². The fraction of sp³-hybridized carbons (Fsp3) is 0.286. The van der Waals surface area contributed by atoms with Crippen molar-refractivity contribution in [2.75, 3.05) is 25.5 Å². The zero-order chi connectivity index (χ0) is 19.6. The minimum absolute atomic E-state index is 0.0634. The van der Waals surface area contributed by atoms with E-state index >= 15 is 0 Å². The van der Waals surface area contributed by atoms with Gasteiger partial charge in [0.15, 0.2) is 5.78 Å². The topological polar surface area (TPSA) is 75.7 Å². The van der Waals surface area contributed by atoms with Crippen molar-refractivity contribution in [2.24, 2.45) is 0 Å². The summed E-state index contributed by atoms with van der Waals surface area (Å²) >= 11 is 0. The Labute approximate surface area is 159 Å². The van der Waals surface area contributed by atoms with Crippen molar-refractivity contribution in [3.05, 3.63) is 60.2 Å². The summed E-state index contributed by atoms with van der Waals surface area (Å²) in [4.78, 5) is 38.2. The van der Waals surface area contributed by atoms with Crippen molar-refractivity contribution in [1.82, 2.24) is 4.90 Å². The molecule has 2 aromatic rings. The lowest BCUT2D eigenvalue weighted by atomic mass is 10.1. The number of rotatable bonds is 9. The van der Waals surface area contributed by atoms with Gasteiger partial charge in [0.05, 0.1) is 13.7 Å². The predicted molar refractivity (Wildman–Crippen MR) is 104 cm³/mol. The Morgan fingerprint density at radius 2 is 1.74 bits per heavy atom. The molecular formula is C21H24N2O4. The first-order chi connectivity index (χ1) is 13.0. The molecule has 142 valence electrons. The Bertz CT molecular complexity index is 790. The van der Waals surface area contributed by atoms with Gasteiger partial charge in [-0.15, -0.1) is 0 Å². The largest absolute Gasteiger partial charge is 0.497 e. The fourth-order valence-corrected chi connectivity index (χ4v) is 2.60. The molecule has 0 bridgehead atoms. The van der Waals surface area contributed by atoms with Crippen LogP contribution in [0.2, 0.25) is 0 Å². The normalized spacial score (nSPS) is 10.1. The number of likely N-dealkylation sites (N-methyl/N-ethyl adjacent to an activating group) is 1. The van der Waals surface area contributed by atoms with E-state index < -0.39 is 0 Å². The van der Waals surface area contributed by atoms with Gasteiger partial charge in [0.2, 0.25) is 11.8 Å². The lowest BCUT2D eigenvalue weighted by Crippen LogP contribution is -2.38. The number of amides is 2. The summed E-state index contributed by atoms with van der Waals surface area (Å²) in [5.41, 5.74) is 1.19. The smallest absolute Gasteiger partial charge is 0.243 e. The Hall–Kier alpha value is -3.15. The van der Waals surface area contributed by atoms with Crippen molar-refractivity contribution >= 4 is 23.3 Å². The maximum absolute atomic E-state index is 12.4. The molecule has 0 aliphatic heterocycles. The van der Waals surface area contributed by atoms with Crippen LogP contribution in [0.4, 0.5) is 5.69 Å². The molecule has 6 nitrogen and oxygen atoms in total. The van der Waals surface area contributed by atoms with Crippen LogP contribution in [0.3, 0.4) is 0 Å². The van der Waals surface area contributed by atoms with E-state index in [1.54, 1.807) is 62.6 Å². The summed E-state index contributed by atoms with van der Waals surface area (Å²) in [6, 6.07) is 15.9. The van der Waals surface area contributed by atoms with Gasteiger partial charge in [0, 0.05) is 36.7 Å². The lowest BCUT2D eigenvalue weighted by molar-refractivity contribution is -0.134. The summed E-state index contributed by atoms with van der Waals surface area (Å²) < 4.78 is 5.12. The number of ether oxygens (including phenoxy) is 1. The van der Waals surface area contributed by atoms with E-state index in [1.807, 2.05) is 6.07 Å². The zero-order valence-electron chi connectivity index (χ0n) is 15.6. The number of methoxy groups -OCH3 is 1. The van der Waals surface area contributed by atoms with Crippen LogP contribution in [0.25, 0.3) is 0 Å². The number of anilines is 1. The standard InChI is InChI=1S/C21H24N2O4/c1-3-23(15-20(25)22-17-10-7-11-18(14-17)27-2)21(26)13-12-19(24)16-8-5-4-6-9-16/h4-11,14H,3,12-13,15H2,1-2H3,(H,22,25). The highest BCUT2D eigenvalue weighted by molar-refractivity contribution is 5.99. The van der Waals surface area contributed by atoms with E-state index in [9.17, 15) is 14.4 Å². The van der Waals surface area contributed by atoms with Crippen LogP contribution in [-0.2, 0) is 9.59 Å². The summed E-state index contributed by atoms with van der Waals surface area (Å²) in [6.45, 7) is 2.13. The molecule has 0 aliphatic carbocycles. The minimum atomic E-state index is -0.298. The monoisotopic (exact) mass is 368 g/mol. The average molecular weight is 368 g/mol. The van der Waals surface area contributed by atoms with E-state index in [0.29, 0.717) is 23.5 Å². The molecule has 0 aliphatic rings. The molecule has 0 unspecified atom stereocenters. The molecule has 6 heteroatoms. The second kappa shape index (κ2) is 10.1. The number of Topliss-reactive ketones (excluding diaryl/α,β-unsaturated/α-hetero) is 1. The molecule has 27 heavy (non-hydrogen) atoms. The van der Waals surface area contributed by atoms with E-state index in [1.165, 1.54) is 4.90 Å². The van der Waals surface area contributed by atoms with Crippen LogP contribution in [0.1, 0.15) is 30.1 Å². The number of hydrogen-bond acceptors (Lipinski definition) is 4. The maximum atomic E-state index is 12.4. The molecule has 0 heterocycles. The van der Waals surface area contributed by atoms with Crippen LogP contribution < -0.4 is 10.1 Å². The number of benzene rings is 2. The molecule has 0 fully saturated rings. The molecular weight excluding hydrogens is 344 g/mol. The molecule has 0 aromatic heterocycles. The van der Waals surface area contributed by atoms with Crippen molar-refractivity contribution in [3.63, 3.8) is 0 Å². The maximum Gasteiger partial charge on any atom is 0.243 e. The van der Waals surface area contributed by atoms with Crippen LogP contribution in [0, 0.1) is 0 Å². The van der Waals surface area contributed by atoms with Crippen LogP contribution in [-0.4, -0.2) is 42.7 Å². The number of nitrogens with one attached hydrogen (secondary N) is 1. The van der Waals surface area contributed by atoms with Crippen molar-refractivity contribution in [3.8, 4) is 5.75 Å². The molecule has 1 N–H and O–H groups in total. The quantitative estimate of drug-likeness (QED) is 0.690. The first-order valence-corrected chi connectivity index (χ1v) is 8.83. The number of hydrogen-bond donors (Lipinski definition) is 1. The summed E-state index contributed by atoms with van der Waals surface area (Å²) in [7, 11) is 1.55. The molecule has 0 saturated heterocycles. The number of ketones is 1. The molecule has 2 aromatic carbocycles. The highest BCUT2D eigenvalue weighted by atomic mass is 16.5. The fourth-order valence-electron chi connectivity index (χ4n) is 2.60. The summed E-state index contributed by atoms with van der Waals surface area (Å²) in [5, 5.41) is 2.75. The van der Waals surface area contributed by atoms with Gasteiger partial charge < -0.3 is 15.0 Å². The third-order valence-corrected chi connectivity index (χ3v) is 4.08. The highest BCUT2D eigenvalue weighted by Gasteiger charge is 2.17. The Morgan fingerprint density at radius 3 is 2.41 bits per heavy atom. The third kappa shape index (κ3) is 6.26. The van der Waals surface area contributed by atoms with Crippen molar-refractivity contribution in [1.29, 1.82) is 0 Å². The Morgan fingerprint density at radius 1 is 1.00 bits per heavy atom. The van der Waals surface area contributed by atoms with E-state index in [2.05, 4.69) is 5.32 Å². The van der Waals surface area contributed by atoms with Crippen LogP contribution >= 0.6 is 0 Å². The summed E-state index contributed by atoms with van der Waals surface area (Å²) in [6.07, 6.45) is 0.199. The van der Waals surface area contributed by atoms with E-state index in [4.69, 9.17) is 4.74 Å². The highest BCUT2D eigenvalue weighted by Crippen LogP contribution is 2.16. The predicted octanol–water partition coefficient (Wildman–Crippen LogP) is 3.15. The zero-order valence-corrected chi connectivity index (χ0v) is 15.6. The van der Waals surface area contributed by atoms with Gasteiger partial charge in [0.1, 0.15) is 5.75 Å². The van der Waals surface area contributed by atoms with Gasteiger partial charge in [-0.1, -0.05) is 36.4 Å². The first-order valence-electron chi connectivity index (χ1n) is 8.83. The minimum Gasteiger partial charge on any atom is -0.497 e. The molecule has 0 radical (unpaired) electrons. The molecule has 0 saturated carbocycles.